The molecule has 6 heteroatoms. The number of thiophene rings is 1. The third kappa shape index (κ3) is 3.63. The molecule has 0 aromatic carbocycles. The highest BCUT2D eigenvalue weighted by atomic mass is 32.1. The minimum absolute atomic E-state index is 0.234. The fourth-order valence-corrected chi connectivity index (χ4v) is 3.91. The first-order chi connectivity index (χ1) is 11.3. The summed E-state index contributed by atoms with van der Waals surface area (Å²) in [6.45, 7) is 1.68. The third-order valence-electron chi connectivity index (χ3n) is 4.70. The molecule has 23 heavy (non-hydrogen) atoms. The van der Waals surface area contributed by atoms with Gasteiger partial charge in [0, 0.05) is 25.4 Å². The Hall–Kier alpha value is -1.69. The lowest BCUT2D eigenvalue weighted by molar-refractivity contribution is -0.132. The van der Waals surface area contributed by atoms with Crippen LogP contribution in [0.15, 0.2) is 21.3 Å². The van der Waals surface area contributed by atoms with E-state index >= 15 is 0 Å². The molecule has 3 heterocycles. The molecule has 1 saturated carbocycles. The van der Waals surface area contributed by atoms with Gasteiger partial charge >= 0.3 is 0 Å². The molecule has 1 saturated heterocycles. The van der Waals surface area contributed by atoms with Crippen molar-refractivity contribution in [2.24, 2.45) is 5.92 Å². The molecule has 1 aliphatic heterocycles. The fraction of sp³-hybridized carbons (Fsp3) is 0.588. The second-order valence-electron chi connectivity index (χ2n) is 6.68. The van der Waals surface area contributed by atoms with Crippen molar-refractivity contribution in [3.63, 3.8) is 0 Å². The summed E-state index contributed by atoms with van der Waals surface area (Å²) in [5.41, 5.74) is 1.12. The van der Waals surface area contributed by atoms with Crippen LogP contribution in [0.5, 0.6) is 0 Å². The highest BCUT2D eigenvalue weighted by Gasteiger charge is 2.30. The summed E-state index contributed by atoms with van der Waals surface area (Å²) in [5, 5.41) is 8.16. The summed E-state index contributed by atoms with van der Waals surface area (Å²) in [6, 6.07) is 2.03. The molecule has 0 bridgehead atoms. The summed E-state index contributed by atoms with van der Waals surface area (Å²) in [5.74, 6) is 2.81. The normalized spacial score (nSPS) is 21.6. The molecule has 1 aliphatic carbocycles. The lowest BCUT2D eigenvalue weighted by Crippen LogP contribution is -2.41. The maximum atomic E-state index is 12.4. The summed E-state index contributed by atoms with van der Waals surface area (Å²) < 4.78 is 5.39. The summed E-state index contributed by atoms with van der Waals surface area (Å²) in [7, 11) is 0. The van der Waals surface area contributed by atoms with Crippen LogP contribution in [0, 0.1) is 5.92 Å². The number of carbonyl (C=O) groups excluding carboxylic acids is 1. The van der Waals surface area contributed by atoms with Crippen LogP contribution in [0.3, 0.4) is 0 Å². The zero-order valence-corrected chi connectivity index (χ0v) is 13.9. The van der Waals surface area contributed by atoms with Crippen molar-refractivity contribution in [3.05, 3.63) is 34.1 Å². The molecule has 1 atom stereocenters. The van der Waals surface area contributed by atoms with E-state index in [2.05, 4.69) is 15.5 Å². The molecule has 0 unspecified atom stereocenters. The Morgan fingerprint density at radius 1 is 1.39 bits per heavy atom. The Bertz CT molecular complexity index is 663. The number of carbonyl (C=O) groups is 1. The van der Waals surface area contributed by atoms with Crippen molar-refractivity contribution in [2.45, 2.75) is 44.4 Å². The molecule has 0 N–H and O–H groups in total. The van der Waals surface area contributed by atoms with Crippen molar-refractivity contribution in [1.82, 2.24) is 15.0 Å². The zero-order valence-electron chi connectivity index (χ0n) is 13.1. The van der Waals surface area contributed by atoms with E-state index in [4.69, 9.17) is 4.52 Å². The second kappa shape index (κ2) is 6.43. The predicted molar refractivity (Wildman–Crippen MR) is 87.3 cm³/mol. The van der Waals surface area contributed by atoms with E-state index in [-0.39, 0.29) is 5.91 Å². The van der Waals surface area contributed by atoms with Crippen LogP contribution >= 0.6 is 11.3 Å². The van der Waals surface area contributed by atoms with Crippen LogP contribution in [-0.4, -0.2) is 34.0 Å². The molecular formula is C17H21N3O2S. The van der Waals surface area contributed by atoms with E-state index < -0.39 is 0 Å². The number of hydrogen-bond acceptors (Lipinski definition) is 5. The molecule has 122 valence electrons. The Morgan fingerprint density at radius 2 is 2.30 bits per heavy atom. The van der Waals surface area contributed by atoms with Gasteiger partial charge in [0.1, 0.15) is 0 Å². The van der Waals surface area contributed by atoms with E-state index in [1.54, 1.807) is 11.3 Å². The smallest absolute Gasteiger partial charge is 0.227 e. The van der Waals surface area contributed by atoms with Gasteiger partial charge in [-0.1, -0.05) is 5.16 Å². The van der Waals surface area contributed by atoms with Gasteiger partial charge in [-0.3, -0.25) is 4.79 Å². The molecule has 2 fully saturated rings. The highest BCUT2D eigenvalue weighted by molar-refractivity contribution is 7.07. The van der Waals surface area contributed by atoms with E-state index in [0.29, 0.717) is 18.3 Å². The van der Waals surface area contributed by atoms with Crippen molar-refractivity contribution in [3.8, 4) is 0 Å². The molecule has 2 aromatic rings. The van der Waals surface area contributed by atoms with Crippen LogP contribution in [0.1, 0.15) is 48.9 Å². The van der Waals surface area contributed by atoms with E-state index in [9.17, 15) is 4.79 Å². The Morgan fingerprint density at radius 3 is 3.09 bits per heavy atom. The number of rotatable bonds is 5. The average molecular weight is 331 g/mol. The zero-order chi connectivity index (χ0) is 15.6. The van der Waals surface area contributed by atoms with Gasteiger partial charge in [-0.25, -0.2) is 0 Å². The molecule has 0 radical (unpaired) electrons. The van der Waals surface area contributed by atoms with Gasteiger partial charge in [0.15, 0.2) is 5.82 Å². The van der Waals surface area contributed by atoms with Crippen molar-refractivity contribution in [2.75, 3.05) is 13.1 Å². The van der Waals surface area contributed by atoms with Crippen molar-refractivity contribution in [1.29, 1.82) is 0 Å². The first kappa shape index (κ1) is 14.9. The molecule has 1 amide bonds. The number of piperidine rings is 1. The third-order valence-corrected chi connectivity index (χ3v) is 5.43. The standard InChI is InChI=1S/C17H21N3O2S/c21-16(9-13-5-7-23-11-13)20-6-1-2-12(10-20)8-15-18-17(19-22-15)14-3-4-14/h5,7,11-12,14H,1-4,6,8-10H2/t12-/m1/s1. The minimum Gasteiger partial charge on any atom is -0.342 e. The quantitative estimate of drug-likeness (QED) is 0.845. The van der Waals surface area contributed by atoms with Gasteiger partial charge in [0.05, 0.1) is 6.42 Å². The van der Waals surface area contributed by atoms with E-state index in [1.807, 2.05) is 16.3 Å². The van der Waals surface area contributed by atoms with Crippen LogP contribution in [0.25, 0.3) is 0 Å². The number of amides is 1. The van der Waals surface area contributed by atoms with Gasteiger partial charge in [-0.05, 0) is 54.0 Å². The number of hydrogen-bond donors (Lipinski definition) is 0. The molecule has 5 nitrogen and oxygen atoms in total. The molecule has 0 spiro atoms. The second-order valence-corrected chi connectivity index (χ2v) is 7.46. The average Bonchev–Trinajstić information content (AvgIpc) is 3.09. The summed E-state index contributed by atoms with van der Waals surface area (Å²) in [4.78, 5) is 19.0. The maximum absolute atomic E-state index is 12.4. The number of nitrogens with zero attached hydrogens (tertiary/aromatic N) is 3. The van der Waals surface area contributed by atoms with Gasteiger partial charge < -0.3 is 9.42 Å². The van der Waals surface area contributed by atoms with Gasteiger partial charge in [0.2, 0.25) is 11.8 Å². The van der Waals surface area contributed by atoms with Gasteiger partial charge in [-0.2, -0.15) is 16.3 Å². The minimum atomic E-state index is 0.234. The Balaban J connectivity index is 1.33. The number of likely N-dealkylation sites (tertiary alicyclic amines) is 1. The molecular weight excluding hydrogens is 310 g/mol. The van der Waals surface area contributed by atoms with Crippen LogP contribution in [0.2, 0.25) is 0 Å². The van der Waals surface area contributed by atoms with E-state index in [0.717, 1.165) is 49.6 Å². The Kier molecular flexibility index (Phi) is 4.16. The van der Waals surface area contributed by atoms with Crippen LogP contribution in [0.4, 0.5) is 0 Å². The monoisotopic (exact) mass is 331 g/mol. The van der Waals surface area contributed by atoms with E-state index in [1.165, 1.54) is 12.8 Å². The lowest BCUT2D eigenvalue weighted by atomic mass is 9.94. The fourth-order valence-electron chi connectivity index (χ4n) is 3.24. The lowest BCUT2D eigenvalue weighted by Gasteiger charge is -2.32. The largest absolute Gasteiger partial charge is 0.342 e. The van der Waals surface area contributed by atoms with Crippen LogP contribution in [-0.2, 0) is 17.6 Å². The van der Waals surface area contributed by atoms with Crippen molar-refractivity contribution >= 4 is 17.2 Å². The van der Waals surface area contributed by atoms with Gasteiger partial charge in [0.25, 0.3) is 0 Å². The Labute approximate surface area is 139 Å². The number of aromatic nitrogens is 2. The predicted octanol–water partition coefficient (Wildman–Crippen LogP) is 3.03. The summed E-state index contributed by atoms with van der Waals surface area (Å²) in [6.07, 6.45) is 5.87. The molecule has 4 rings (SSSR count). The molecule has 2 aliphatic rings. The molecule has 2 aromatic heterocycles. The highest BCUT2D eigenvalue weighted by Crippen LogP contribution is 2.38. The van der Waals surface area contributed by atoms with Crippen molar-refractivity contribution < 1.29 is 9.32 Å². The maximum Gasteiger partial charge on any atom is 0.227 e. The van der Waals surface area contributed by atoms with Gasteiger partial charge in [-0.15, -0.1) is 0 Å². The first-order valence-corrected chi connectivity index (χ1v) is 9.33. The summed E-state index contributed by atoms with van der Waals surface area (Å²) >= 11 is 1.64. The SMILES string of the molecule is O=C(Cc1ccsc1)N1CCC[C@H](Cc2nc(C3CC3)no2)C1. The topological polar surface area (TPSA) is 59.2 Å². The van der Waals surface area contributed by atoms with Crippen LogP contribution < -0.4 is 0 Å². The first-order valence-electron chi connectivity index (χ1n) is 8.39.